The van der Waals surface area contributed by atoms with E-state index in [0.717, 1.165) is 23.3 Å². The smallest absolute Gasteiger partial charge is 0.493 e. The zero-order valence-corrected chi connectivity index (χ0v) is 22.7. The summed E-state index contributed by atoms with van der Waals surface area (Å²) in [5, 5.41) is 3.23. The van der Waals surface area contributed by atoms with Crippen LogP contribution >= 0.6 is 0 Å². The van der Waals surface area contributed by atoms with E-state index in [2.05, 4.69) is 10.1 Å². The van der Waals surface area contributed by atoms with Crippen molar-refractivity contribution in [3.05, 3.63) is 65.2 Å². The van der Waals surface area contributed by atoms with E-state index in [1.54, 1.807) is 24.3 Å². The minimum absolute atomic E-state index is 0.0872. The molecule has 0 aliphatic carbocycles. The first kappa shape index (κ1) is 30.0. The Bertz CT molecular complexity index is 1310. The average Bonchev–Trinajstić information content (AvgIpc) is 2.94. The summed E-state index contributed by atoms with van der Waals surface area (Å²) in [5.74, 6) is 1.84. The molecule has 0 aliphatic heterocycles. The first-order chi connectivity index (χ1) is 19.1. The minimum Gasteiger partial charge on any atom is -0.493 e. The van der Waals surface area contributed by atoms with Gasteiger partial charge in [-0.3, -0.25) is 4.79 Å². The monoisotopic (exact) mass is 561 g/mol. The van der Waals surface area contributed by atoms with Gasteiger partial charge in [0.2, 0.25) is 5.75 Å². The Kier molecular flexibility index (Phi) is 10.1. The normalized spacial score (nSPS) is 11.2. The van der Waals surface area contributed by atoms with Crippen molar-refractivity contribution in [2.45, 2.75) is 12.8 Å². The molecule has 1 N–H and O–H groups in total. The van der Waals surface area contributed by atoms with Gasteiger partial charge in [-0.1, -0.05) is 12.2 Å². The number of ketones is 1. The summed E-state index contributed by atoms with van der Waals surface area (Å²) in [6, 6.07) is 11.9. The van der Waals surface area contributed by atoms with Gasteiger partial charge >= 0.3 is 6.36 Å². The Balaban J connectivity index is 1.80. The van der Waals surface area contributed by atoms with Crippen LogP contribution in [0.25, 0.3) is 12.2 Å². The van der Waals surface area contributed by atoms with Gasteiger partial charge in [-0.15, -0.1) is 13.2 Å². The molecule has 0 radical (unpaired) electrons. The van der Waals surface area contributed by atoms with E-state index in [1.165, 1.54) is 47.7 Å². The van der Waals surface area contributed by atoms with Crippen molar-refractivity contribution in [2.75, 3.05) is 47.4 Å². The zero-order valence-electron chi connectivity index (χ0n) is 22.7. The van der Waals surface area contributed by atoms with Crippen LogP contribution in [0, 0.1) is 0 Å². The van der Waals surface area contributed by atoms with Gasteiger partial charge in [0.1, 0.15) is 5.75 Å². The lowest BCUT2D eigenvalue weighted by atomic mass is 10.1. The molecule has 0 amide bonds. The van der Waals surface area contributed by atoms with Gasteiger partial charge in [0.15, 0.2) is 28.8 Å². The molecule has 40 heavy (non-hydrogen) atoms. The van der Waals surface area contributed by atoms with Crippen molar-refractivity contribution in [1.82, 2.24) is 0 Å². The minimum atomic E-state index is -4.80. The molecule has 0 spiro atoms. The number of hydrogen-bond donors (Lipinski definition) is 1. The fraction of sp³-hybridized carbons (Fsp3) is 0.276. The largest absolute Gasteiger partial charge is 0.573 e. The quantitative estimate of drug-likeness (QED) is 0.188. The standard InChI is InChI=1S/C29H30F3NO7/c1-35-24-16-20(7-6-18-14-26(37-3)28(39-5)27(15-18)38-4)22(17-25(24)36-2)33-13-12-23(34)19-8-10-21(11-9-19)40-29(30,31)32/h6-11,14-17,33H,12-13H2,1-5H3/b7-6-. The van der Waals surface area contributed by atoms with Crippen LogP contribution in [-0.4, -0.2) is 54.2 Å². The highest BCUT2D eigenvalue weighted by molar-refractivity contribution is 5.96. The molecule has 0 saturated heterocycles. The molecule has 3 aromatic carbocycles. The molecule has 214 valence electrons. The van der Waals surface area contributed by atoms with Crippen LogP contribution in [0.15, 0.2) is 48.5 Å². The van der Waals surface area contributed by atoms with Crippen molar-refractivity contribution in [3.63, 3.8) is 0 Å². The lowest BCUT2D eigenvalue weighted by Gasteiger charge is -2.15. The van der Waals surface area contributed by atoms with Crippen LogP contribution in [0.4, 0.5) is 18.9 Å². The number of benzene rings is 3. The second-order valence-corrected chi connectivity index (χ2v) is 8.26. The molecule has 8 nitrogen and oxygen atoms in total. The third kappa shape index (κ3) is 7.75. The number of Topliss-reactive ketones (excluding diaryl/α,β-unsaturated/α-hetero) is 1. The maximum absolute atomic E-state index is 12.6. The number of hydrogen-bond acceptors (Lipinski definition) is 8. The van der Waals surface area contributed by atoms with Crippen molar-refractivity contribution in [3.8, 4) is 34.5 Å². The third-order valence-corrected chi connectivity index (χ3v) is 5.78. The van der Waals surface area contributed by atoms with Crippen LogP contribution in [0.2, 0.25) is 0 Å². The number of carbonyl (C=O) groups excluding carboxylic acids is 1. The molecule has 0 unspecified atom stereocenters. The van der Waals surface area contributed by atoms with Crippen LogP contribution in [0.3, 0.4) is 0 Å². The van der Waals surface area contributed by atoms with Gasteiger partial charge < -0.3 is 33.7 Å². The highest BCUT2D eigenvalue weighted by Crippen LogP contribution is 2.39. The number of carbonyl (C=O) groups is 1. The van der Waals surface area contributed by atoms with E-state index >= 15 is 0 Å². The second-order valence-electron chi connectivity index (χ2n) is 8.26. The molecular weight excluding hydrogens is 531 g/mol. The van der Waals surface area contributed by atoms with Gasteiger partial charge in [-0.05, 0) is 48.0 Å². The number of halogens is 3. The number of methoxy groups -OCH3 is 5. The molecular formula is C29H30F3NO7. The zero-order chi connectivity index (χ0) is 29.3. The summed E-state index contributed by atoms with van der Waals surface area (Å²) in [6.07, 6.45) is -1.00. The maximum atomic E-state index is 12.6. The van der Waals surface area contributed by atoms with Crippen molar-refractivity contribution in [2.24, 2.45) is 0 Å². The predicted octanol–water partition coefficient (Wildman–Crippen LogP) is 6.48. The van der Waals surface area contributed by atoms with E-state index in [9.17, 15) is 18.0 Å². The van der Waals surface area contributed by atoms with Crippen LogP contribution in [0.5, 0.6) is 34.5 Å². The van der Waals surface area contributed by atoms with Crippen molar-refractivity contribution in [1.29, 1.82) is 0 Å². The molecule has 0 aliphatic rings. The lowest BCUT2D eigenvalue weighted by molar-refractivity contribution is -0.274. The van der Waals surface area contributed by atoms with Crippen LogP contribution < -0.4 is 33.7 Å². The Morgan fingerprint density at radius 3 is 1.88 bits per heavy atom. The predicted molar refractivity (Wildman–Crippen MR) is 145 cm³/mol. The molecule has 0 atom stereocenters. The van der Waals surface area contributed by atoms with E-state index in [1.807, 2.05) is 12.2 Å². The molecule has 3 rings (SSSR count). The molecule has 0 fully saturated rings. The van der Waals surface area contributed by atoms with Crippen molar-refractivity contribution >= 4 is 23.6 Å². The van der Waals surface area contributed by atoms with Crippen LogP contribution in [0.1, 0.15) is 27.9 Å². The Morgan fingerprint density at radius 2 is 1.35 bits per heavy atom. The van der Waals surface area contributed by atoms with Crippen LogP contribution in [-0.2, 0) is 0 Å². The lowest BCUT2D eigenvalue weighted by Crippen LogP contribution is -2.17. The summed E-state index contributed by atoms with van der Waals surface area (Å²) in [7, 11) is 7.64. The summed E-state index contributed by atoms with van der Waals surface area (Å²) in [6.45, 7) is 0.250. The number of alkyl halides is 3. The van der Waals surface area contributed by atoms with Gasteiger partial charge in [0.05, 0.1) is 35.5 Å². The molecule has 3 aromatic rings. The van der Waals surface area contributed by atoms with E-state index in [4.69, 9.17) is 23.7 Å². The summed E-state index contributed by atoms with van der Waals surface area (Å²) in [4.78, 5) is 12.6. The first-order valence-electron chi connectivity index (χ1n) is 12.0. The third-order valence-electron chi connectivity index (χ3n) is 5.78. The topological polar surface area (TPSA) is 84.5 Å². The first-order valence-corrected chi connectivity index (χ1v) is 12.0. The Hall–Kier alpha value is -4.54. The van der Waals surface area contributed by atoms with E-state index in [-0.39, 0.29) is 24.3 Å². The molecule has 0 aromatic heterocycles. The highest BCUT2D eigenvalue weighted by atomic mass is 19.4. The molecule has 0 heterocycles. The Morgan fingerprint density at radius 1 is 0.775 bits per heavy atom. The number of rotatable bonds is 13. The number of nitrogens with one attached hydrogen (secondary N) is 1. The molecule has 0 bridgehead atoms. The maximum Gasteiger partial charge on any atom is 0.573 e. The van der Waals surface area contributed by atoms with Crippen molar-refractivity contribution < 1.29 is 46.4 Å². The summed E-state index contributed by atoms with van der Waals surface area (Å²) in [5.41, 5.74) is 2.46. The number of anilines is 1. The molecule has 0 saturated carbocycles. The van der Waals surface area contributed by atoms with E-state index in [0.29, 0.717) is 34.4 Å². The SMILES string of the molecule is COc1cc(/C=C\c2cc(OC)c(OC)c(OC)c2)c(NCCC(=O)c2ccc(OC(F)(F)F)cc2)cc1OC. The Labute approximate surface area is 230 Å². The van der Waals surface area contributed by atoms with Gasteiger partial charge in [0, 0.05) is 35.8 Å². The second kappa shape index (κ2) is 13.5. The highest BCUT2D eigenvalue weighted by Gasteiger charge is 2.31. The summed E-state index contributed by atoms with van der Waals surface area (Å²) >= 11 is 0. The fourth-order valence-corrected chi connectivity index (χ4v) is 3.87. The summed E-state index contributed by atoms with van der Waals surface area (Å²) < 4.78 is 68.1. The fourth-order valence-electron chi connectivity index (χ4n) is 3.87. The number of ether oxygens (including phenoxy) is 6. The van der Waals surface area contributed by atoms with Gasteiger partial charge in [0.25, 0.3) is 0 Å². The van der Waals surface area contributed by atoms with Gasteiger partial charge in [-0.2, -0.15) is 0 Å². The molecule has 11 heteroatoms. The average molecular weight is 562 g/mol. The van der Waals surface area contributed by atoms with Gasteiger partial charge in [-0.25, -0.2) is 0 Å². The van der Waals surface area contributed by atoms with E-state index < -0.39 is 12.1 Å².